The lowest BCUT2D eigenvalue weighted by molar-refractivity contribution is 0.662. The molecule has 2 heteroatoms. The molecule has 88 valence electrons. The lowest BCUT2D eigenvalue weighted by Gasteiger charge is -2.11. The van der Waals surface area contributed by atoms with Crippen LogP contribution in [0.3, 0.4) is 0 Å². The van der Waals surface area contributed by atoms with E-state index in [0.29, 0.717) is 5.92 Å². The topological polar surface area (TPSA) is 26.0 Å². The second-order valence-corrected chi connectivity index (χ2v) is 4.43. The first-order valence-corrected chi connectivity index (χ1v) is 5.75. The molecule has 0 heterocycles. The molecule has 0 aromatic heterocycles. The van der Waals surface area contributed by atoms with Crippen LogP contribution in [0.2, 0.25) is 0 Å². The number of rotatable bonds is 1. The van der Waals surface area contributed by atoms with Gasteiger partial charge in [-0.15, -0.1) is 12.4 Å². The van der Waals surface area contributed by atoms with Gasteiger partial charge in [0, 0.05) is 12.0 Å². The van der Waals surface area contributed by atoms with Crippen molar-refractivity contribution < 1.29 is 0 Å². The maximum Gasteiger partial charge on any atom is 0.0306 e. The van der Waals surface area contributed by atoms with Gasteiger partial charge in [-0.05, 0) is 23.1 Å². The van der Waals surface area contributed by atoms with Crippen molar-refractivity contribution in [3.63, 3.8) is 0 Å². The van der Waals surface area contributed by atoms with Gasteiger partial charge in [0.2, 0.25) is 0 Å². The minimum absolute atomic E-state index is 0. The highest BCUT2D eigenvalue weighted by Gasteiger charge is 2.28. The second kappa shape index (κ2) is 4.91. The Morgan fingerprint density at radius 2 is 1.41 bits per heavy atom. The molecule has 0 aliphatic heterocycles. The SMILES string of the molecule is Cl.N[C@@H]1C[C@H](c2ccccc2)c2ccccc21. The van der Waals surface area contributed by atoms with Gasteiger partial charge in [0.05, 0.1) is 0 Å². The van der Waals surface area contributed by atoms with Crippen LogP contribution in [0, 0.1) is 0 Å². The summed E-state index contributed by atoms with van der Waals surface area (Å²) in [6, 6.07) is 19.4. The zero-order valence-electron chi connectivity index (χ0n) is 9.54. The quantitative estimate of drug-likeness (QED) is 0.816. The van der Waals surface area contributed by atoms with Crippen LogP contribution in [0.25, 0.3) is 0 Å². The molecule has 0 saturated heterocycles. The van der Waals surface area contributed by atoms with Crippen LogP contribution in [-0.4, -0.2) is 0 Å². The van der Waals surface area contributed by atoms with Gasteiger partial charge in [-0.1, -0.05) is 54.6 Å². The van der Waals surface area contributed by atoms with Crippen LogP contribution >= 0.6 is 12.4 Å². The molecule has 0 unspecified atom stereocenters. The van der Waals surface area contributed by atoms with Gasteiger partial charge in [0.1, 0.15) is 0 Å². The van der Waals surface area contributed by atoms with Gasteiger partial charge < -0.3 is 5.73 Å². The van der Waals surface area contributed by atoms with Crippen molar-refractivity contribution in [2.24, 2.45) is 5.73 Å². The molecule has 2 N–H and O–H groups in total. The normalized spacial score (nSPS) is 21.7. The molecule has 0 spiro atoms. The molecular formula is C15H16ClN. The van der Waals surface area contributed by atoms with Gasteiger partial charge in [-0.2, -0.15) is 0 Å². The molecule has 2 aromatic carbocycles. The molecule has 0 fully saturated rings. The highest BCUT2D eigenvalue weighted by molar-refractivity contribution is 5.85. The van der Waals surface area contributed by atoms with Crippen LogP contribution in [0.5, 0.6) is 0 Å². The molecule has 0 bridgehead atoms. The van der Waals surface area contributed by atoms with Crippen molar-refractivity contribution in [3.8, 4) is 0 Å². The van der Waals surface area contributed by atoms with Crippen LogP contribution in [-0.2, 0) is 0 Å². The van der Waals surface area contributed by atoms with Crippen LogP contribution < -0.4 is 5.73 Å². The first kappa shape index (κ1) is 12.2. The van der Waals surface area contributed by atoms with Gasteiger partial charge in [-0.3, -0.25) is 0 Å². The fraction of sp³-hybridized carbons (Fsp3) is 0.200. The predicted octanol–water partition coefficient (Wildman–Crippen LogP) is 3.64. The van der Waals surface area contributed by atoms with E-state index in [0.717, 1.165) is 6.42 Å². The average molecular weight is 246 g/mol. The maximum absolute atomic E-state index is 6.17. The number of hydrogen-bond donors (Lipinski definition) is 1. The Morgan fingerprint density at radius 1 is 0.824 bits per heavy atom. The van der Waals surface area contributed by atoms with E-state index in [4.69, 9.17) is 5.73 Å². The number of benzene rings is 2. The van der Waals surface area contributed by atoms with Crippen molar-refractivity contribution in [1.29, 1.82) is 0 Å². The number of nitrogens with two attached hydrogens (primary N) is 1. The van der Waals surface area contributed by atoms with Gasteiger partial charge in [-0.25, -0.2) is 0 Å². The fourth-order valence-electron chi connectivity index (χ4n) is 2.67. The average Bonchev–Trinajstić information content (AvgIpc) is 2.69. The first-order chi connectivity index (χ1) is 7.86. The second-order valence-electron chi connectivity index (χ2n) is 4.43. The summed E-state index contributed by atoms with van der Waals surface area (Å²) >= 11 is 0. The summed E-state index contributed by atoms with van der Waals surface area (Å²) in [6.07, 6.45) is 1.03. The summed E-state index contributed by atoms with van der Waals surface area (Å²) in [5, 5.41) is 0. The van der Waals surface area contributed by atoms with E-state index >= 15 is 0 Å². The van der Waals surface area contributed by atoms with E-state index in [9.17, 15) is 0 Å². The predicted molar refractivity (Wildman–Crippen MR) is 73.5 cm³/mol. The van der Waals surface area contributed by atoms with E-state index in [1.807, 2.05) is 0 Å². The van der Waals surface area contributed by atoms with E-state index in [2.05, 4.69) is 54.6 Å². The molecule has 1 aliphatic rings. The number of fused-ring (bicyclic) bond motifs is 1. The van der Waals surface area contributed by atoms with E-state index < -0.39 is 0 Å². The molecule has 0 radical (unpaired) electrons. The fourth-order valence-corrected chi connectivity index (χ4v) is 2.67. The van der Waals surface area contributed by atoms with E-state index in [-0.39, 0.29) is 18.4 Å². The van der Waals surface area contributed by atoms with Crippen molar-refractivity contribution in [2.45, 2.75) is 18.4 Å². The molecule has 0 saturated carbocycles. The Hall–Kier alpha value is -1.31. The molecule has 1 aliphatic carbocycles. The first-order valence-electron chi connectivity index (χ1n) is 5.75. The lowest BCUT2D eigenvalue weighted by Crippen LogP contribution is -2.05. The molecule has 1 nitrogen and oxygen atoms in total. The van der Waals surface area contributed by atoms with Crippen LogP contribution in [0.1, 0.15) is 35.1 Å². The largest absolute Gasteiger partial charge is 0.324 e. The lowest BCUT2D eigenvalue weighted by atomic mass is 9.93. The van der Waals surface area contributed by atoms with E-state index in [1.165, 1.54) is 16.7 Å². The summed E-state index contributed by atoms with van der Waals surface area (Å²) in [4.78, 5) is 0. The zero-order chi connectivity index (χ0) is 11.0. The Kier molecular flexibility index (Phi) is 3.51. The summed E-state index contributed by atoms with van der Waals surface area (Å²) in [5.41, 5.74) is 10.3. The van der Waals surface area contributed by atoms with Crippen molar-refractivity contribution in [2.75, 3.05) is 0 Å². The number of halogens is 1. The van der Waals surface area contributed by atoms with Crippen molar-refractivity contribution >= 4 is 12.4 Å². The van der Waals surface area contributed by atoms with Gasteiger partial charge >= 0.3 is 0 Å². The smallest absolute Gasteiger partial charge is 0.0306 e. The molecule has 2 aromatic rings. The molecule has 17 heavy (non-hydrogen) atoms. The third kappa shape index (κ3) is 2.08. The Bertz CT molecular complexity index is 495. The highest BCUT2D eigenvalue weighted by atomic mass is 35.5. The zero-order valence-corrected chi connectivity index (χ0v) is 10.4. The maximum atomic E-state index is 6.17. The third-order valence-electron chi connectivity index (χ3n) is 3.46. The van der Waals surface area contributed by atoms with Crippen LogP contribution in [0.4, 0.5) is 0 Å². The highest BCUT2D eigenvalue weighted by Crippen LogP contribution is 2.42. The minimum Gasteiger partial charge on any atom is -0.324 e. The minimum atomic E-state index is 0. The number of hydrogen-bond acceptors (Lipinski definition) is 1. The van der Waals surface area contributed by atoms with Crippen LogP contribution in [0.15, 0.2) is 54.6 Å². The van der Waals surface area contributed by atoms with Gasteiger partial charge in [0.15, 0.2) is 0 Å². The van der Waals surface area contributed by atoms with Crippen molar-refractivity contribution in [1.82, 2.24) is 0 Å². The standard InChI is InChI=1S/C15H15N.ClH/c16-15-10-14(11-6-2-1-3-7-11)12-8-4-5-9-13(12)15;/h1-9,14-15H,10,16H2;1H/t14-,15-;/m1./s1. The van der Waals surface area contributed by atoms with Crippen molar-refractivity contribution in [3.05, 3.63) is 71.3 Å². The summed E-state index contributed by atoms with van der Waals surface area (Å²) in [7, 11) is 0. The summed E-state index contributed by atoms with van der Waals surface area (Å²) in [6.45, 7) is 0. The molecule has 2 atom stereocenters. The molecule has 3 rings (SSSR count). The Balaban J connectivity index is 0.00000108. The summed E-state index contributed by atoms with van der Waals surface area (Å²) in [5.74, 6) is 0.479. The monoisotopic (exact) mass is 245 g/mol. The third-order valence-corrected chi connectivity index (χ3v) is 3.46. The molecule has 0 amide bonds. The van der Waals surface area contributed by atoms with Gasteiger partial charge in [0.25, 0.3) is 0 Å². The Morgan fingerprint density at radius 3 is 2.12 bits per heavy atom. The Labute approximate surface area is 108 Å². The summed E-state index contributed by atoms with van der Waals surface area (Å²) < 4.78 is 0. The van der Waals surface area contributed by atoms with E-state index in [1.54, 1.807) is 0 Å². The molecular weight excluding hydrogens is 230 g/mol.